The van der Waals surface area contributed by atoms with Crippen LogP contribution in [0.2, 0.25) is 4.34 Å². The minimum atomic E-state index is -0.657. The molecule has 1 saturated carbocycles. The van der Waals surface area contributed by atoms with E-state index in [1.807, 2.05) is 6.07 Å². The normalized spacial score (nSPS) is 30.3. The monoisotopic (exact) mass is 410 g/mol. The molecule has 148 valence electrons. The zero-order valence-corrected chi connectivity index (χ0v) is 17.3. The van der Waals surface area contributed by atoms with E-state index >= 15 is 0 Å². The molecule has 4 rings (SSSR count). The number of thiophene rings is 1. The molecule has 6 nitrogen and oxygen atoms in total. The lowest BCUT2D eigenvalue weighted by molar-refractivity contribution is -0.136. The van der Waals surface area contributed by atoms with E-state index in [-0.39, 0.29) is 17.9 Å². The van der Waals surface area contributed by atoms with Crippen LogP contribution in [-0.2, 0) is 11.3 Å². The van der Waals surface area contributed by atoms with Gasteiger partial charge in [0.15, 0.2) is 0 Å². The molecule has 2 atom stereocenters. The zero-order chi connectivity index (χ0) is 19.0. The van der Waals surface area contributed by atoms with Gasteiger partial charge >= 0.3 is 6.03 Å². The number of carbonyl (C=O) groups excluding carboxylic acids is 2. The van der Waals surface area contributed by atoms with Gasteiger partial charge in [-0.1, -0.05) is 31.4 Å². The van der Waals surface area contributed by atoms with Crippen molar-refractivity contribution < 1.29 is 9.59 Å². The Morgan fingerprint density at radius 2 is 1.93 bits per heavy atom. The van der Waals surface area contributed by atoms with E-state index in [0.29, 0.717) is 6.67 Å². The van der Waals surface area contributed by atoms with Crippen LogP contribution in [0.4, 0.5) is 4.79 Å². The van der Waals surface area contributed by atoms with E-state index in [9.17, 15) is 9.59 Å². The second-order valence-corrected chi connectivity index (χ2v) is 9.82. The maximum Gasteiger partial charge on any atom is 0.326 e. The van der Waals surface area contributed by atoms with Crippen molar-refractivity contribution in [3.05, 3.63) is 21.3 Å². The molecular formula is C19H27ClN4O2S. The van der Waals surface area contributed by atoms with Crippen LogP contribution >= 0.6 is 22.9 Å². The van der Waals surface area contributed by atoms with E-state index in [4.69, 9.17) is 11.6 Å². The van der Waals surface area contributed by atoms with Crippen molar-refractivity contribution in [2.45, 2.75) is 44.7 Å². The Bertz CT molecular complexity index is 718. The van der Waals surface area contributed by atoms with Gasteiger partial charge in [-0.25, -0.2) is 9.69 Å². The van der Waals surface area contributed by atoms with Crippen LogP contribution in [0.25, 0.3) is 0 Å². The summed E-state index contributed by atoms with van der Waals surface area (Å²) in [6.45, 7) is 6.99. The first-order valence-electron chi connectivity index (χ1n) is 9.81. The van der Waals surface area contributed by atoms with Crippen LogP contribution in [-0.4, -0.2) is 65.0 Å². The second-order valence-electron chi connectivity index (χ2n) is 8.02. The van der Waals surface area contributed by atoms with Crippen LogP contribution < -0.4 is 5.32 Å². The minimum Gasteiger partial charge on any atom is -0.323 e. The van der Waals surface area contributed by atoms with Crippen LogP contribution in [0.3, 0.4) is 0 Å². The Balaban J connectivity index is 1.32. The first-order chi connectivity index (χ1) is 13.0. The maximum atomic E-state index is 13.1. The second kappa shape index (κ2) is 7.70. The van der Waals surface area contributed by atoms with Crippen LogP contribution in [0, 0.1) is 5.92 Å². The smallest absolute Gasteiger partial charge is 0.323 e. The molecule has 2 saturated heterocycles. The van der Waals surface area contributed by atoms with Gasteiger partial charge in [0.25, 0.3) is 5.91 Å². The van der Waals surface area contributed by atoms with Gasteiger partial charge in [0.1, 0.15) is 5.54 Å². The summed E-state index contributed by atoms with van der Waals surface area (Å²) in [6, 6.07) is 3.80. The Morgan fingerprint density at radius 3 is 2.59 bits per heavy atom. The van der Waals surface area contributed by atoms with Crippen LogP contribution in [0.15, 0.2) is 12.1 Å². The number of piperazine rings is 1. The topological polar surface area (TPSA) is 55.9 Å². The number of carbonyl (C=O) groups is 2. The van der Waals surface area contributed by atoms with Crippen LogP contribution in [0.5, 0.6) is 0 Å². The predicted molar refractivity (Wildman–Crippen MR) is 107 cm³/mol. The van der Waals surface area contributed by atoms with E-state index in [2.05, 4.69) is 28.1 Å². The fourth-order valence-corrected chi connectivity index (χ4v) is 5.70. The number of imide groups is 1. The number of rotatable bonds is 4. The molecule has 8 heteroatoms. The molecule has 2 unspecified atom stereocenters. The fourth-order valence-electron chi connectivity index (χ4n) is 4.57. The van der Waals surface area contributed by atoms with Crippen molar-refractivity contribution in [2.24, 2.45) is 5.92 Å². The molecule has 1 N–H and O–H groups in total. The lowest BCUT2D eigenvalue weighted by atomic mass is 9.73. The molecule has 1 aliphatic carbocycles. The molecule has 3 amide bonds. The summed E-state index contributed by atoms with van der Waals surface area (Å²) in [5.41, 5.74) is -0.657. The molecule has 0 aromatic carbocycles. The third kappa shape index (κ3) is 3.75. The highest BCUT2D eigenvalue weighted by Gasteiger charge is 2.55. The van der Waals surface area contributed by atoms with E-state index in [1.165, 1.54) is 9.78 Å². The molecule has 3 heterocycles. The SMILES string of the molecule is CC1CCCCC12NC(=O)N(CN1CCN(Cc3ccc(Cl)s3)CC1)C2=O. The molecule has 3 aliphatic rings. The Hall–Kier alpha value is -1.15. The average molecular weight is 411 g/mol. The van der Waals surface area contributed by atoms with Crippen molar-refractivity contribution >= 4 is 34.9 Å². The number of hydrogen-bond acceptors (Lipinski definition) is 5. The standard InChI is InChI=1S/C19H27ClN4O2S/c1-14-4-2-3-7-19(14)17(25)24(18(26)21-19)13-23-10-8-22(9-11-23)12-15-5-6-16(20)27-15/h5-6,14H,2-4,7-13H2,1H3,(H,21,26). The van der Waals surface area contributed by atoms with E-state index < -0.39 is 5.54 Å². The first kappa shape index (κ1) is 19.2. The molecule has 2 aliphatic heterocycles. The van der Waals surface area contributed by atoms with E-state index in [0.717, 1.165) is 62.7 Å². The lowest BCUT2D eigenvalue weighted by Gasteiger charge is -2.38. The van der Waals surface area contributed by atoms with Gasteiger partial charge in [0.2, 0.25) is 0 Å². The molecule has 0 bridgehead atoms. The quantitative estimate of drug-likeness (QED) is 0.775. The van der Waals surface area contributed by atoms with Crippen molar-refractivity contribution in [3.63, 3.8) is 0 Å². The highest BCUT2D eigenvalue weighted by atomic mass is 35.5. The highest BCUT2D eigenvalue weighted by molar-refractivity contribution is 7.16. The molecule has 1 aromatic rings. The summed E-state index contributed by atoms with van der Waals surface area (Å²) in [7, 11) is 0. The first-order valence-corrected chi connectivity index (χ1v) is 11.0. The third-order valence-electron chi connectivity index (χ3n) is 6.32. The van der Waals surface area contributed by atoms with Gasteiger partial charge in [0, 0.05) is 37.6 Å². The molecule has 1 spiro atoms. The largest absolute Gasteiger partial charge is 0.326 e. The summed E-state index contributed by atoms with van der Waals surface area (Å²) < 4.78 is 0.827. The minimum absolute atomic E-state index is 0.0182. The van der Waals surface area contributed by atoms with Gasteiger partial charge in [-0.15, -0.1) is 11.3 Å². The Labute approximate surface area is 169 Å². The fraction of sp³-hybridized carbons (Fsp3) is 0.684. The van der Waals surface area contributed by atoms with Crippen LogP contribution in [0.1, 0.15) is 37.5 Å². The van der Waals surface area contributed by atoms with Crippen molar-refractivity contribution in [1.29, 1.82) is 0 Å². The summed E-state index contributed by atoms with van der Waals surface area (Å²) in [5.74, 6) is 0.192. The van der Waals surface area contributed by atoms with E-state index in [1.54, 1.807) is 11.3 Å². The summed E-state index contributed by atoms with van der Waals surface area (Å²) >= 11 is 7.64. The Kier molecular flexibility index (Phi) is 5.47. The van der Waals surface area contributed by atoms with Gasteiger partial charge in [-0.2, -0.15) is 0 Å². The summed E-state index contributed by atoms with van der Waals surface area (Å²) in [4.78, 5) is 32.9. The predicted octanol–water partition coefficient (Wildman–Crippen LogP) is 2.98. The molecule has 27 heavy (non-hydrogen) atoms. The van der Waals surface area contributed by atoms with Crippen molar-refractivity contribution in [1.82, 2.24) is 20.0 Å². The Morgan fingerprint density at radius 1 is 1.19 bits per heavy atom. The van der Waals surface area contributed by atoms with Crippen molar-refractivity contribution in [3.8, 4) is 0 Å². The number of amides is 3. The molecule has 3 fully saturated rings. The van der Waals surface area contributed by atoms with Gasteiger partial charge in [0.05, 0.1) is 11.0 Å². The molecular weight excluding hydrogens is 384 g/mol. The lowest BCUT2D eigenvalue weighted by Crippen LogP contribution is -2.55. The van der Waals surface area contributed by atoms with Crippen molar-refractivity contribution in [2.75, 3.05) is 32.8 Å². The van der Waals surface area contributed by atoms with Gasteiger partial charge < -0.3 is 5.32 Å². The third-order valence-corrected chi connectivity index (χ3v) is 7.53. The maximum absolute atomic E-state index is 13.1. The molecule has 1 aromatic heterocycles. The number of halogens is 1. The zero-order valence-electron chi connectivity index (χ0n) is 15.7. The number of hydrogen-bond donors (Lipinski definition) is 1. The highest BCUT2D eigenvalue weighted by Crippen LogP contribution is 2.38. The average Bonchev–Trinajstić information content (AvgIpc) is 3.16. The molecule has 0 radical (unpaired) electrons. The van der Waals surface area contributed by atoms with Gasteiger partial charge in [-0.05, 0) is 30.9 Å². The van der Waals surface area contributed by atoms with Gasteiger partial charge in [-0.3, -0.25) is 14.6 Å². The number of nitrogens with one attached hydrogen (secondary N) is 1. The summed E-state index contributed by atoms with van der Waals surface area (Å²) in [5, 5.41) is 3.04. The summed E-state index contributed by atoms with van der Waals surface area (Å²) in [6.07, 6.45) is 3.93. The number of urea groups is 1. The number of nitrogens with zero attached hydrogens (tertiary/aromatic N) is 3.